The Labute approximate surface area is 127 Å². The van der Waals surface area contributed by atoms with Crippen LogP contribution in [0.2, 0.25) is 0 Å². The van der Waals surface area contributed by atoms with Crippen molar-refractivity contribution in [3.8, 4) is 0 Å². The van der Waals surface area contributed by atoms with Crippen LogP contribution < -0.4 is 9.62 Å². The molecule has 1 aromatic carbocycles. The fourth-order valence-electron chi connectivity index (χ4n) is 2.05. The molecular weight excluding hydrogens is 288 g/mol. The Hall–Kier alpha value is -1.56. The van der Waals surface area contributed by atoms with Gasteiger partial charge >= 0.3 is 0 Å². The fourth-order valence-corrected chi connectivity index (χ4v) is 2.89. The first kappa shape index (κ1) is 17.5. The summed E-state index contributed by atoms with van der Waals surface area (Å²) in [6, 6.07) is 5.52. The van der Waals surface area contributed by atoms with Crippen molar-refractivity contribution < 1.29 is 13.2 Å². The number of aryl methyl sites for hydroxylation is 2. The lowest BCUT2D eigenvalue weighted by atomic mass is 10.1. The third-order valence-electron chi connectivity index (χ3n) is 3.20. The molecular formula is C15H24N2O3S. The van der Waals surface area contributed by atoms with Gasteiger partial charge in [0.25, 0.3) is 0 Å². The first-order valence-electron chi connectivity index (χ1n) is 6.99. The predicted molar refractivity (Wildman–Crippen MR) is 86.0 cm³/mol. The number of sulfonamides is 1. The van der Waals surface area contributed by atoms with E-state index in [-0.39, 0.29) is 18.5 Å². The minimum Gasteiger partial charge on any atom is -0.352 e. The van der Waals surface area contributed by atoms with Gasteiger partial charge in [0.1, 0.15) is 6.54 Å². The Bertz CT molecular complexity index is 591. The second-order valence-corrected chi connectivity index (χ2v) is 7.40. The highest BCUT2D eigenvalue weighted by atomic mass is 32.2. The number of carbonyl (C=O) groups is 1. The summed E-state index contributed by atoms with van der Waals surface area (Å²) in [5, 5.41) is 2.79. The molecule has 0 aliphatic carbocycles. The van der Waals surface area contributed by atoms with E-state index in [1.54, 1.807) is 12.1 Å². The molecule has 6 heteroatoms. The van der Waals surface area contributed by atoms with Gasteiger partial charge in [-0.3, -0.25) is 9.10 Å². The van der Waals surface area contributed by atoms with E-state index >= 15 is 0 Å². The Balaban J connectivity index is 3.05. The smallest absolute Gasteiger partial charge is 0.240 e. The van der Waals surface area contributed by atoms with E-state index in [1.807, 2.05) is 33.8 Å². The van der Waals surface area contributed by atoms with Crippen molar-refractivity contribution in [3.63, 3.8) is 0 Å². The zero-order chi connectivity index (χ0) is 16.2. The van der Waals surface area contributed by atoms with Crippen molar-refractivity contribution >= 4 is 21.6 Å². The molecule has 5 nitrogen and oxygen atoms in total. The summed E-state index contributed by atoms with van der Waals surface area (Å²) < 4.78 is 25.1. The molecule has 0 fully saturated rings. The van der Waals surface area contributed by atoms with Crippen molar-refractivity contribution in [2.75, 3.05) is 17.1 Å². The highest BCUT2D eigenvalue weighted by Crippen LogP contribution is 2.21. The Morgan fingerprint density at radius 2 is 1.76 bits per heavy atom. The molecule has 0 spiro atoms. The van der Waals surface area contributed by atoms with Crippen LogP contribution in [-0.2, 0) is 14.8 Å². The number of hydrogen-bond donors (Lipinski definition) is 1. The van der Waals surface area contributed by atoms with Gasteiger partial charge in [0.05, 0.1) is 11.9 Å². The zero-order valence-corrected chi connectivity index (χ0v) is 14.1. The lowest BCUT2D eigenvalue weighted by Gasteiger charge is -2.23. The van der Waals surface area contributed by atoms with Gasteiger partial charge in [0.15, 0.2) is 0 Å². The summed E-state index contributed by atoms with van der Waals surface area (Å²) in [7, 11) is -3.52. The molecule has 1 aromatic rings. The van der Waals surface area contributed by atoms with E-state index in [2.05, 4.69) is 5.32 Å². The van der Waals surface area contributed by atoms with Crippen molar-refractivity contribution in [1.82, 2.24) is 5.32 Å². The van der Waals surface area contributed by atoms with E-state index in [0.29, 0.717) is 5.69 Å². The number of nitrogens with one attached hydrogen (secondary N) is 1. The number of benzene rings is 1. The van der Waals surface area contributed by atoms with E-state index in [9.17, 15) is 13.2 Å². The van der Waals surface area contributed by atoms with Crippen LogP contribution in [0.15, 0.2) is 18.2 Å². The summed E-state index contributed by atoms with van der Waals surface area (Å²) >= 11 is 0. The van der Waals surface area contributed by atoms with Gasteiger partial charge < -0.3 is 5.32 Å². The molecule has 1 rings (SSSR count). The predicted octanol–water partition coefficient (Wildman–Crippen LogP) is 1.98. The molecule has 0 bridgehead atoms. The molecule has 118 valence electrons. The Morgan fingerprint density at radius 3 is 2.19 bits per heavy atom. The third kappa shape index (κ3) is 5.38. The quantitative estimate of drug-likeness (QED) is 0.873. The van der Waals surface area contributed by atoms with Gasteiger partial charge in [-0.05, 0) is 50.5 Å². The van der Waals surface area contributed by atoms with Crippen molar-refractivity contribution in [1.29, 1.82) is 0 Å². The van der Waals surface area contributed by atoms with E-state index in [0.717, 1.165) is 28.1 Å². The standard InChI is InChI=1S/C15H24N2O3S/c1-6-13(4)16-15(18)10-17(21(5,19)20)14-8-11(2)7-12(3)9-14/h7-9,13H,6,10H2,1-5H3,(H,16,18)/t13-/m1/s1. The number of rotatable bonds is 6. The summed E-state index contributed by atoms with van der Waals surface area (Å²) in [5.41, 5.74) is 2.44. The van der Waals surface area contributed by atoms with Gasteiger partial charge in [-0.15, -0.1) is 0 Å². The fraction of sp³-hybridized carbons (Fsp3) is 0.533. The largest absolute Gasteiger partial charge is 0.352 e. The minimum absolute atomic E-state index is 0.0261. The van der Waals surface area contributed by atoms with Crippen LogP contribution >= 0.6 is 0 Å². The maximum atomic E-state index is 12.0. The number of anilines is 1. The van der Waals surface area contributed by atoms with Crippen molar-refractivity contribution in [3.05, 3.63) is 29.3 Å². The molecule has 1 atom stereocenters. The maximum absolute atomic E-state index is 12.0. The highest BCUT2D eigenvalue weighted by Gasteiger charge is 2.21. The molecule has 1 N–H and O–H groups in total. The average molecular weight is 312 g/mol. The van der Waals surface area contributed by atoms with Gasteiger partial charge in [-0.25, -0.2) is 8.42 Å². The number of carbonyl (C=O) groups excluding carboxylic acids is 1. The summed E-state index contributed by atoms with van der Waals surface area (Å²) in [4.78, 5) is 12.0. The molecule has 0 aliphatic heterocycles. The van der Waals surface area contributed by atoms with Crippen molar-refractivity contribution in [2.24, 2.45) is 0 Å². The summed E-state index contributed by atoms with van der Waals surface area (Å²) in [6.07, 6.45) is 1.91. The van der Waals surface area contributed by atoms with Crippen LogP contribution in [0, 0.1) is 13.8 Å². The second-order valence-electron chi connectivity index (χ2n) is 5.49. The minimum atomic E-state index is -3.52. The van der Waals surface area contributed by atoms with Gasteiger partial charge in [-0.2, -0.15) is 0 Å². The maximum Gasteiger partial charge on any atom is 0.240 e. The average Bonchev–Trinajstić information content (AvgIpc) is 2.33. The number of nitrogens with zero attached hydrogens (tertiary/aromatic N) is 1. The molecule has 0 unspecified atom stereocenters. The Morgan fingerprint density at radius 1 is 1.24 bits per heavy atom. The van der Waals surface area contributed by atoms with Gasteiger partial charge in [0, 0.05) is 6.04 Å². The van der Waals surface area contributed by atoms with Crippen LogP contribution in [-0.4, -0.2) is 33.2 Å². The first-order valence-corrected chi connectivity index (χ1v) is 8.83. The normalized spacial score (nSPS) is 12.8. The van der Waals surface area contributed by atoms with Crippen LogP contribution in [0.3, 0.4) is 0 Å². The lowest BCUT2D eigenvalue weighted by Crippen LogP contribution is -2.43. The number of hydrogen-bond acceptors (Lipinski definition) is 3. The van der Waals surface area contributed by atoms with E-state index in [1.165, 1.54) is 0 Å². The SMILES string of the molecule is CC[C@@H](C)NC(=O)CN(c1cc(C)cc(C)c1)S(C)(=O)=O. The molecule has 0 heterocycles. The molecule has 0 saturated heterocycles. The monoisotopic (exact) mass is 312 g/mol. The van der Waals surface area contributed by atoms with Crippen LogP contribution in [0.1, 0.15) is 31.4 Å². The summed E-state index contributed by atoms with van der Waals surface area (Å²) in [5.74, 6) is -0.297. The first-order chi connectivity index (χ1) is 9.63. The van der Waals surface area contributed by atoms with Crippen LogP contribution in [0.25, 0.3) is 0 Å². The topological polar surface area (TPSA) is 66.5 Å². The molecule has 1 amide bonds. The molecule has 0 aliphatic rings. The number of amides is 1. The van der Waals surface area contributed by atoms with E-state index < -0.39 is 10.0 Å². The highest BCUT2D eigenvalue weighted by molar-refractivity contribution is 7.92. The van der Waals surface area contributed by atoms with Gasteiger partial charge in [-0.1, -0.05) is 13.0 Å². The molecule has 0 saturated carbocycles. The molecule has 21 heavy (non-hydrogen) atoms. The summed E-state index contributed by atoms with van der Waals surface area (Å²) in [6.45, 7) is 7.45. The second kappa shape index (κ2) is 6.93. The van der Waals surface area contributed by atoms with E-state index in [4.69, 9.17) is 0 Å². The lowest BCUT2D eigenvalue weighted by molar-refractivity contribution is -0.120. The van der Waals surface area contributed by atoms with Crippen LogP contribution in [0.5, 0.6) is 0 Å². The zero-order valence-electron chi connectivity index (χ0n) is 13.3. The Kier molecular flexibility index (Phi) is 5.78. The third-order valence-corrected chi connectivity index (χ3v) is 4.34. The van der Waals surface area contributed by atoms with Crippen molar-refractivity contribution in [2.45, 2.75) is 40.2 Å². The van der Waals surface area contributed by atoms with Gasteiger partial charge in [0.2, 0.25) is 15.9 Å². The molecule has 0 radical (unpaired) electrons. The molecule has 0 aromatic heterocycles. The van der Waals surface area contributed by atoms with Crippen LogP contribution in [0.4, 0.5) is 5.69 Å².